The summed E-state index contributed by atoms with van der Waals surface area (Å²) in [6, 6.07) is 0.499. The van der Waals surface area contributed by atoms with Gasteiger partial charge in [0.05, 0.1) is 0 Å². The van der Waals surface area contributed by atoms with E-state index in [1.54, 1.807) is 6.92 Å². The Labute approximate surface area is 137 Å². The van der Waals surface area contributed by atoms with Gasteiger partial charge in [-0.2, -0.15) is 0 Å². The zero-order valence-corrected chi connectivity index (χ0v) is 14.0. The maximum Gasteiger partial charge on any atom is 0.317 e. The van der Waals surface area contributed by atoms with Crippen molar-refractivity contribution >= 4 is 6.03 Å². The van der Waals surface area contributed by atoms with Crippen LogP contribution in [0.4, 0.5) is 4.79 Å². The molecule has 0 aromatic carbocycles. The largest absolute Gasteiger partial charge is 0.426 e. The normalized spacial score (nSPS) is 20.7. The van der Waals surface area contributed by atoms with Gasteiger partial charge in [0.2, 0.25) is 11.8 Å². The summed E-state index contributed by atoms with van der Waals surface area (Å²) in [6.45, 7) is 6.11. The summed E-state index contributed by atoms with van der Waals surface area (Å²) >= 11 is 0. The van der Waals surface area contributed by atoms with Gasteiger partial charge in [-0.1, -0.05) is 19.3 Å². The Morgan fingerprint density at radius 3 is 2.57 bits per heavy atom. The molecule has 0 spiro atoms. The highest BCUT2D eigenvalue weighted by molar-refractivity contribution is 5.74. The van der Waals surface area contributed by atoms with Crippen LogP contribution in [-0.4, -0.2) is 64.8 Å². The van der Waals surface area contributed by atoms with Crippen LogP contribution >= 0.6 is 0 Å². The molecule has 1 aromatic rings. The van der Waals surface area contributed by atoms with Crippen molar-refractivity contribution < 1.29 is 9.21 Å². The Bertz CT molecular complexity index is 504. The average molecular weight is 321 g/mol. The van der Waals surface area contributed by atoms with E-state index in [2.05, 4.69) is 20.4 Å². The number of aryl methyl sites for hydroxylation is 1. The summed E-state index contributed by atoms with van der Waals surface area (Å²) in [5, 5.41) is 11.1. The summed E-state index contributed by atoms with van der Waals surface area (Å²) in [5.41, 5.74) is 0. The third-order valence-electron chi connectivity index (χ3n) is 4.80. The monoisotopic (exact) mass is 321 g/mol. The van der Waals surface area contributed by atoms with E-state index < -0.39 is 0 Å². The lowest BCUT2D eigenvalue weighted by molar-refractivity contribution is 0.135. The lowest BCUT2D eigenvalue weighted by atomic mass is 9.96. The second-order valence-corrected chi connectivity index (χ2v) is 6.58. The lowest BCUT2D eigenvalue weighted by Crippen LogP contribution is -2.53. The van der Waals surface area contributed by atoms with Gasteiger partial charge in [0.25, 0.3) is 0 Å². The topological polar surface area (TPSA) is 74.5 Å². The number of rotatable bonds is 4. The first-order valence-electron chi connectivity index (χ1n) is 8.77. The van der Waals surface area contributed by atoms with E-state index in [-0.39, 0.29) is 6.03 Å². The SMILES string of the molecule is Cc1nnc(CCN2CCN(C(=O)NC3CCCCC3)CC2)o1. The van der Waals surface area contributed by atoms with Gasteiger partial charge in [-0.15, -0.1) is 10.2 Å². The Morgan fingerprint density at radius 2 is 1.91 bits per heavy atom. The fourth-order valence-corrected chi connectivity index (χ4v) is 3.38. The first-order chi connectivity index (χ1) is 11.2. The van der Waals surface area contributed by atoms with Gasteiger partial charge in [-0.3, -0.25) is 4.90 Å². The standard InChI is InChI=1S/C16H27N5O2/c1-13-18-19-15(23-13)7-8-20-9-11-21(12-10-20)16(22)17-14-5-3-2-4-6-14/h14H,2-12H2,1H3,(H,17,22). The summed E-state index contributed by atoms with van der Waals surface area (Å²) in [5.74, 6) is 1.31. The highest BCUT2D eigenvalue weighted by atomic mass is 16.4. The molecule has 2 amide bonds. The smallest absolute Gasteiger partial charge is 0.317 e. The number of nitrogens with zero attached hydrogens (tertiary/aromatic N) is 4. The average Bonchev–Trinajstić information content (AvgIpc) is 3.00. The predicted octanol–water partition coefficient (Wildman–Crippen LogP) is 1.58. The van der Waals surface area contributed by atoms with Crippen molar-refractivity contribution in [3.63, 3.8) is 0 Å². The van der Waals surface area contributed by atoms with Gasteiger partial charge in [0.1, 0.15) is 0 Å². The van der Waals surface area contributed by atoms with Crippen LogP contribution in [0.3, 0.4) is 0 Å². The maximum absolute atomic E-state index is 12.3. The number of piperazine rings is 1. The second-order valence-electron chi connectivity index (χ2n) is 6.58. The molecule has 2 fully saturated rings. The lowest BCUT2D eigenvalue weighted by Gasteiger charge is -2.35. The third-order valence-corrected chi connectivity index (χ3v) is 4.80. The van der Waals surface area contributed by atoms with Crippen LogP contribution in [0.25, 0.3) is 0 Å². The second kappa shape index (κ2) is 7.77. The van der Waals surface area contributed by atoms with Gasteiger partial charge >= 0.3 is 6.03 Å². The number of hydrogen-bond donors (Lipinski definition) is 1. The minimum atomic E-state index is 0.115. The van der Waals surface area contributed by atoms with Crippen LogP contribution in [0.5, 0.6) is 0 Å². The first kappa shape index (κ1) is 16.2. The Morgan fingerprint density at radius 1 is 1.17 bits per heavy atom. The van der Waals surface area contributed by atoms with Gasteiger partial charge in [-0.25, -0.2) is 4.79 Å². The highest BCUT2D eigenvalue weighted by Gasteiger charge is 2.23. The van der Waals surface area contributed by atoms with Crippen molar-refractivity contribution in [3.8, 4) is 0 Å². The summed E-state index contributed by atoms with van der Waals surface area (Å²) in [7, 11) is 0. The molecule has 7 nitrogen and oxygen atoms in total. The van der Waals surface area contributed by atoms with Crippen molar-refractivity contribution in [2.45, 2.75) is 51.5 Å². The minimum Gasteiger partial charge on any atom is -0.426 e. The molecule has 3 rings (SSSR count). The summed E-state index contributed by atoms with van der Waals surface area (Å²) < 4.78 is 5.40. The molecule has 1 aromatic heterocycles. The van der Waals surface area contributed by atoms with Crippen molar-refractivity contribution in [3.05, 3.63) is 11.8 Å². The van der Waals surface area contributed by atoms with E-state index in [4.69, 9.17) is 4.42 Å². The summed E-state index contributed by atoms with van der Waals surface area (Å²) in [6.07, 6.45) is 6.84. The Balaban J connectivity index is 1.36. The molecule has 23 heavy (non-hydrogen) atoms. The molecule has 7 heteroatoms. The minimum absolute atomic E-state index is 0.115. The van der Waals surface area contributed by atoms with E-state index in [1.165, 1.54) is 19.3 Å². The molecule has 128 valence electrons. The van der Waals surface area contributed by atoms with Crippen molar-refractivity contribution in [2.75, 3.05) is 32.7 Å². The van der Waals surface area contributed by atoms with Crippen molar-refractivity contribution in [1.82, 2.24) is 25.3 Å². The molecule has 0 bridgehead atoms. The van der Waals surface area contributed by atoms with Crippen LogP contribution in [0.1, 0.15) is 43.9 Å². The van der Waals surface area contributed by atoms with Crippen molar-refractivity contribution in [1.29, 1.82) is 0 Å². The molecular formula is C16H27N5O2. The van der Waals surface area contributed by atoms with E-state index in [1.807, 2.05) is 4.90 Å². The third kappa shape index (κ3) is 4.67. The predicted molar refractivity (Wildman–Crippen MR) is 86.2 cm³/mol. The van der Waals surface area contributed by atoms with E-state index in [0.29, 0.717) is 17.8 Å². The number of aromatic nitrogens is 2. The number of nitrogens with one attached hydrogen (secondary N) is 1. The van der Waals surface area contributed by atoms with Crippen LogP contribution in [0.15, 0.2) is 4.42 Å². The number of hydrogen-bond acceptors (Lipinski definition) is 5. The Hall–Kier alpha value is -1.63. The fourth-order valence-electron chi connectivity index (χ4n) is 3.38. The molecule has 0 atom stereocenters. The maximum atomic E-state index is 12.3. The van der Waals surface area contributed by atoms with E-state index in [0.717, 1.165) is 52.0 Å². The zero-order valence-electron chi connectivity index (χ0n) is 14.0. The van der Waals surface area contributed by atoms with Gasteiger partial charge < -0.3 is 14.6 Å². The molecule has 1 N–H and O–H groups in total. The molecule has 1 saturated heterocycles. The molecule has 0 radical (unpaired) electrons. The zero-order chi connectivity index (χ0) is 16.1. The van der Waals surface area contributed by atoms with Gasteiger partial charge in [-0.05, 0) is 12.8 Å². The number of carbonyl (C=O) groups is 1. The molecule has 2 aliphatic rings. The van der Waals surface area contributed by atoms with E-state index in [9.17, 15) is 4.79 Å². The molecule has 1 aliphatic carbocycles. The van der Waals surface area contributed by atoms with Gasteiger partial charge in [0.15, 0.2) is 0 Å². The number of urea groups is 1. The quantitative estimate of drug-likeness (QED) is 0.911. The molecule has 0 unspecified atom stereocenters. The molecule has 1 saturated carbocycles. The fraction of sp³-hybridized carbons (Fsp3) is 0.812. The first-order valence-corrected chi connectivity index (χ1v) is 8.77. The van der Waals surface area contributed by atoms with Gasteiger partial charge in [0, 0.05) is 52.1 Å². The molecule has 1 aliphatic heterocycles. The van der Waals surface area contributed by atoms with Crippen LogP contribution < -0.4 is 5.32 Å². The Kier molecular flexibility index (Phi) is 5.48. The van der Waals surface area contributed by atoms with Crippen LogP contribution in [-0.2, 0) is 6.42 Å². The molecular weight excluding hydrogens is 294 g/mol. The summed E-state index contributed by atoms with van der Waals surface area (Å²) in [4.78, 5) is 16.6. The van der Waals surface area contributed by atoms with Crippen LogP contribution in [0.2, 0.25) is 0 Å². The van der Waals surface area contributed by atoms with E-state index >= 15 is 0 Å². The van der Waals surface area contributed by atoms with Crippen molar-refractivity contribution in [2.24, 2.45) is 0 Å². The number of carbonyl (C=O) groups excluding carboxylic acids is 1. The number of amides is 2. The highest BCUT2D eigenvalue weighted by Crippen LogP contribution is 2.17. The van der Waals surface area contributed by atoms with Crippen LogP contribution in [0, 0.1) is 6.92 Å². The molecule has 2 heterocycles.